The van der Waals surface area contributed by atoms with Crippen LogP contribution in [0.3, 0.4) is 0 Å². The van der Waals surface area contributed by atoms with Gasteiger partial charge in [0.1, 0.15) is 5.82 Å². The Hall–Kier alpha value is -3.23. The van der Waals surface area contributed by atoms with Crippen molar-refractivity contribution < 1.29 is 9.18 Å². The van der Waals surface area contributed by atoms with Gasteiger partial charge in [0.15, 0.2) is 17.2 Å². The minimum atomic E-state index is -0.603. The van der Waals surface area contributed by atoms with Crippen molar-refractivity contribution >= 4 is 28.7 Å². The van der Waals surface area contributed by atoms with E-state index >= 15 is 0 Å². The number of amides is 1. The molecule has 1 fully saturated rings. The first-order valence-corrected chi connectivity index (χ1v) is 8.95. The maximum atomic E-state index is 13.8. The SMILES string of the molecule is CCCNc1cc(NC2CC2)c2ncc(C(=O)Nc3ccncc3F)n2n1. The largest absolute Gasteiger partial charge is 0.379 e. The van der Waals surface area contributed by atoms with Crippen LogP contribution in [0, 0.1) is 5.82 Å². The lowest BCUT2D eigenvalue weighted by Crippen LogP contribution is -2.17. The van der Waals surface area contributed by atoms with Gasteiger partial charge in [0.05, 0.1) is 23.8 Å². The molecule has 9 heteroatoms. The van der Waals surface area contributed by atoms with Gasteiger partial charge in [0.2, 0.25) is 0 Å². The number of nitrogens with one attached hydrogen (secondary N) is 3. The van der Waals surface area contributed by atoms with E-state index in [0.717, 1.165) is 37.7 Å². The second-order valence-electron chi connectivity index (χ2n) is 6.48. The average Bonchev–Trinajstić information content (AvgIpc) is 3.37. The van der Waals surface area contributed by atoms with Gasteiger partial charge < -0.3 is 16.0 Å². The quantitative estimate of drug-likeness (QED) is 0.593. The summed E-state index contributed by atoms with van der Waals surface area (Å²) in [4.78, 5) is 20.7. The predicted molar refractivity (Wildman–Crippen MR) is 101 cm³/mol. The Balaban J connectivity index is 1.69. The Labute approximate surface area is 155 Å². The summed E-state index contributed by atoms with van der Waals surface area (Å²) in [7, 11) is 0. The summed E-state index contributed by atoms with van der Waals surface area (Å²) in [5, 5.41) is 13.7. The number of hydrogen-bond donors (Lipinski definition) is 3. The average molecular weight is 369 g/mol. The van der Waals surface area contributed by atoms with Gasteiger partial charge in [-0.2, -0.15) is 0 Å². The number of carbonyl (C=O) groups is 1. The number of pyridine rings is 1. The molecular weight excluding hydrogens is 349 g/mol. The molecule has 8 nitrogen and oxygen atoms in total. The number of anilines is 3. The molecule has 140 valence electrons. The molecule has 0 bridgehead atoms. The molecule has 0 spiro atoms. The number of hydrogen-bond acceptors (Lipinski definition) is 6. The fraction of sp³-hybridized carbons (Fsp3) is 0.333. The summed E-state index contributed by atoms with van der Waals surface area (Å²) in [6.07, 6.45) is 7.08. The van der Waals surface area contributed by atoms with Gasteiger partial charge in [-0.3, -0.25) is 9.78 Å². The number of imidazole rings is 1. The van der Waals surface area contributed by atoms with Gasteiger partial charge in [-0.25, -0.2) is 13.9 Å². The van der Waals surface area contributed by atoms with Crippen LogP contribution in [0.1, 0.15) is 36.7 Å². The van der Waals surface area contributed by atoms with Crippen molar-refractivity contribution in [1.82, 2.24) is 19.6 Å². The van der Waals surface area contributed by atoms with Crippen molar-refractivity contribution in [2.45, 2.75) is 32.2 Å². The van der Waals surface area contributed by atoms with Gasteiger partial charge in [-0.05, 0) is 25.3 Å². The molecule has 3 heterocycles. The van der Waals surface area contributed by atoms with Crippen LogP contribution in [0.25, 0.3) is 5.65 Å². The third-order valence-corrected chi connectivity index (χ3v) is 4.21. The number of carbonyl (C=O) groups excluding carboxylic acids is 1. The van der Waals surface area contributed by atoms with Crippen LogP contribution in [0.5, 0.6) is 0 Å². The number of fused-ring (bicyclic) bond motifs is 1. The van der Waals surface area contributed by atoms with Crippen molar-refractivity contribution in [3.05, 3.63) is 42.2 Å². The summed E-state index contributed by atoms with van der Waals surface area (Å²) in [5.74, 6) is -0.450. The van der Waals surface area contributed by atoms with Crippen LogP contribution < -0.4 is 16.0 Å². The van der Waals surface area contributed by atoms with Gasteiger partial charge >= 0.3 is 0 Å². The molecule has 0 radical (unpaired) electrons. The minimum Gasteiger partial charge on any atom is -0.379 e. The van der Waals surface area contributed by atoms with Crippen LogP contribution in [-0.2, 0) is 0 Å². The normalized spacial score (nSPS) is 13.6. The first-order chi connectivity index (χ1) is 13.2. The summed E-state index contributed by atoms with van der Waals surface area (Å²) >= 11 is 0. The zero-order valence-electron chi connectivity index (χ0n) is 14.9. The zero-order chi connectivity index (χ0) is 18.8. The Morgan fingerprint density at radius 1 is 1.33 bits per heavy atom. The standard InChI is InChI=1S/C18H20FN7O/c1-2-6-21-16-8-14(23-11-3-4-11)17-22-10-15(26(17)25-16)18(27)24-13-5-7-20-9-12(13)19/h5,7-11,23H,2-4,6H2,1H3,(H,21,25)(H,20,24,27). The highest BCUT2D eigenvalue weighted by atomic mass is 19.1. The van der Waals surface area contributed by atoms with E-state index in [-0.39, 0.29) is 11.4 Å². The van der Waals surface area contributed by atoms with Crippen molar-refractivity contribution in [1.29, 1.82) is 0 Å². The molecule has 1 aliphatic carbocycles. The van der Waals surface area contributed by atoms with Crippen molar-refractivity contribution in [2.24, 2.45) is 0 Å². The zero-order valence-corrected chi connectivity index (χ0v) is 14.9. The van der Waals surface area contributed by atoms with Gasteiger partial charge in [-0.1, -0.05) is 6.92 Å². The molecule has 0 unspecified atom stereocenters. The highest BCUT2D eigenvalue weighted by Gasteiger charge is 2.24. The van der Waals surface area contributed by atoms with E-state index in [1.165, 1.54) is 23.0 Å². The van der Waals surface area contributed by atoms with E-state index in [0.29, 0.717) is 17.5 Å². The number of nitrogens with zero attached hydrogens (tertiary/aromatic N) is 4. The minimum absolute atomic E-state index is 0.0570. The number of halogens is 1. The maximum absolute atomic E-state index is 13.8. The van der Waals surface area contributed by atoms with Gasteiger partial charge in [0.25, 0.3) is 5.91 Å². The second kappa shape index (κ2) is 7.18. The smallest absolute Gasteiger partial charge is 0.276 e. The summed E-state index contributed by atoms with van der Waals surface area (Å²) in [5.41, 5.74) is 1.66. The Morgan fingerprint density at radius 2 is 2.19 bits per heavy atom. The number of aromatic nitrogens is 4. The highest BCUT2D eigenvalue weighted by Crippen LogP contribution is 2.28. The molecule has 3 aromatic rings. The monoisotopic (exact) mass is 369 g/mol. The molecule has 0 aliphatic heterocycles. The van der Waals surface area contributed by atoms with E-state index in [1.807, 2.05) is 6.07 Å². The molecule has 1 aliphatic rings. The van der Waals surface area contributed by atoms with Crippen LogP contribution in [-0.4, -0.2) is 38.1 Å². The molecule has 3 N–H and O–H groups in total. The summed E-state index contributed by atoms with van der Waals surface area (Å²) in [6, 6.07) is 3.73. The molecule has 1 saturated carbocycles. The summed E-state index contributed by atoms with van der Waals surface area (Å²) in [6.45, 7) is 2.83. The summed E-state index contributed by atoms with van der Waals surface area (Å²) < 4.78 is 15.3. The van der Waals surface area contributed by atoms with Crippen LogP contribution >= 0.6 is 0 Å². The molecule has 3 aromatic heterocycles. The van der Waals surface area contributed by atoms with Crippen molar-refractivity contribution in [2.75, 3.05) is 22.5 Å². The van der Waals surface area contributed by atoms with Crippen LogP contribution in [0.4, 0.5) is 21.6 Å². The fourth-order valence-corrected chi connectivity index (χ4v) is 2.68. The first-order valence-electron chi connectivity index (χ1n) is 8.95. The van der Waals surface area contributed by atoms with Crippen molar-refractivity contribution in [3.8, 4) is 0 Å². The lowest BCUT2D eigenvalue weighted by atomic mass is 10.3. The lowest BCUT2D eigenvalue weighted by Gasteiger charge is -2.11. The molecular formula is C18H20FN7O. The Kier molecular flexibility index (Phi) is 4.57. The lowest BCUT2D eigenvalue weighted by molar-refractivity contribution is 0.102. The Bertz CT molecular complexity index is 983. The van der Waals surface area contributed by atoms with E-state index in [4.69, 9.17) is 0 Å². The maximum Gasteiger partial charge on any atom is 0.276 e. The van der Waals surface area contributed by atoms with E-state index in [1.54, 1.807) is 0 Å². The fourth-order valence-electron chi connectivity index (χ4n) is 2.68. The third-order valence-electron chi connectivity index (χ3n) is 4.21. The predicted octanol–water partition coefficient (Wildman–Crippen LogP) is 2.91. The van der Waals surface area contributed by atoms with Gasteiger partial charge in [0, 0.05) is 24.8 Å². The van der Waals surface area contributed by atoms with E-state index < -0.39 is 11.7 Å². The van der Waals surface area contributed by atoms with Crippen molar-refractivity contribution in [3.63, 3.8) is 0 Å². The van der Waals surface area contributed by atoms with Crippen LogP contribution in [0.15, 0.2) is 30.7 Å². The molecule has 1 amide bonds. The molecule has 0 aromatic carbocycles. The number of rotatable bonds is 7. The molecule has 0 saturated heterocycles. The third kappa shape index (κ3) is 3.67. The van der Waals surface area contributed by atoms with Gasteiger partial charge in [-0.15, -0.1) is 5.10 Å². The molecule has 0 atom stereocenters. The van der Waals surface area contributed by atoms with E-state index in [9.17, 15) is 9.18 Å². The second-order valence-corrected chi connectivity index (χ2v) is 6.48. The molecule has 4 rings (SSSR count). The highest BCUT2D eigenvalue weighted by molar-refractivity contribution is 6.03. The topological polar surface area (TPSA) is 96.2 Å². The first kappa shape index (κ1) is 17.2. The van der Waals surface area contributed by atoms with Crippen LogP contribution in [0.2, 0.25) is 0 Å². The Morgan fingerprint density at radius 3 is 2.93 bits per heavy atom. The van der Waals surface area contributed by atoms with E-state index in [2.05, 4.69) is 37.9 Å². The molecule has 27 heavy (non-hydrogen) atoms.